The van der Waals surface area contributed by atoms with Crippen LogP contribution in [0.1, 0.15) is 5.69 Å². The smallest absolute Gasteiger partial charge is 0.160 e. The molecule has 1 aromatic heterocycles. The van der Waals surface area contributed by atoms with E-state index < -0.39 is 0 Å². The van der Waals surface area contributed by atoms with Gasteiger partial charge < -0.3 is 16.0 Å². The highest BCUT2D eigenvalue weighted by Gasteiger charge is 2.13. The summed E-state index contributed by atoms with van der Waals surface area (Å²) in [4.78, 5) is 4.81. The molecule has 0 atom stereocenters. The first-order chi connectivity index (χ1) is 11.0. The maximum absolute atomic E-state index is 4.81. The predicted molar refractivity (Wildman–Crippen MR) is 99.8 cm³/mol. The minimum atomic E-state index is 0.000000000000000222. The van der Waals surface area contributed by atoms with E-state index >= 15 is 0 Å². The first-order valence-corrected chi connectivity index (χ1v) is 7.60. The van der Waals surface area contributed by atoms with E-state index in [1.54, 1.807) is 0 Å². The summed E-state index contributed by atoms with van der Waals surface area (Å²) in [5.74, 6) is 1.01. The molecule has 0 saturated carbocycles. The first-order valence-electron chi connectivity index (χ1n) is 7.19. The Labute approximate surface area is 141 Å². The van der Waals surface area contributed by atoms with Crippen LogP contribution >= 0.6 is 12.2 Å². The number of nitrogens with two attached hydrogens (primary N) is 2. The monoisotopic (exact) mass is 324 g/mol. The zero-order valence-corrected chi connectivity index (χ0v) is 14.0. The fourth-order valence-electron chi connectivity index (χ4n) is 2.29. The number of nitrogens with zero attached hydrogens (tertiary/aromatic N) is 2. The van der Waals surface area contributed by atoms with Crippen LogP contribution in [-0.2, 0) is 7.05 Å². The van der Waals surface area contributed by atoms with Gasteiger partial charge in [0.15, 0.2) is 5.11 Å². The highest BCUT2D eigenvalue weighted by atomic mass is 32.1. The average Bonchev–Trinajstić information content (AvgIpc) is 2.85. The lowest BCUT2D eigenvalue weighted by molar-refractivity contribution is 0.884. The Morgan fingerprint density at radius 3 is 1.83 bits per heavy atom. The molecule has 0 radical (unpaired) electrons. The van der Waals surface area contributed by atoms with Crippen molar-refractivity contribution < 1.29 is 0 Å². The van der Waals surface area contributed by atoms with Gasteiger partial charge in [-0.3, -0.25) is 0 Å². The van der Waals surface area contributed by atoms with Crippen LogP contribution in [0.5, 0.6) is 0 Å². The van der Waals surface area contributed by atoms with E-state index in [9.17, 15) is 0 Å². The van der Waals surface area contributed by atoms with Crippen LogP contribution in [0.2, 0.25) is 0 Å². The fraction of sp³-hybridized carbons (Fsp3) is 0.111. The molecule has 118 valence electrons. The van der Waals surface area contributed by atoms with Gasteiger partial charge in [-0.2, -0.15) is 0 Å². The van der Waals surface area contributed by atoms with Crippen molar-refractivity contribution in [2.24, 2.45) is 18.5 Å². The summed E-state index contributed by atoms with van der Waals surface area (Å²) in [5.41, 5.74) is 13.8. The standard InChI is InChI=1S/C17H16N2.CH4N2S/c1-13-16(14-9-5-3-6-10-14)18-17(19(13)2)15-11-7-4-8-12-15;2-1(3)4/h3-12H,1-2H3;(H4,2,3,4). The molecule has 0 amide bonds. The quantitative estimate of drug-likeness (QED) is 0.710. The molecule has 0 fully saturated rings. The topological polar surface area (TPSA) is 69.9 Å². The lowest BCUT2D eigenvalue weighted by Gasteiger charge is -2.02. The third kappa shape index (κ3) is 4.17. The van der Waals surface area contributed by atoms with Crippen molar-refractivity contribution in [3.63, 3.8) is 0 Å². The van der Waals surface area contributed by atoms with Crippen LogP contribution in [0, 0.1) is 6.92 Å². The lowest BCUT2D eigenvalue weighted by atomic mass is 10.1. The van der Waals surface area contributed by atoms with Crippen LogP contribution < -0.4 is 11.5 Å². The van der Waals surface area contributed by atoms with Crippen LogP contribution in [0.25, 0.3) is 22.6 Å². The van der Waals surface area contributed by atoms with E-state index in [4.69, 9.17) is 4.98 Å². The molecule has 0 unspecified atom stereocenters. The molecule has 0 bridgehead atoms. The maximum atomic E-state index is 4.81. The predicted octanol–water partition coefficient (Wildman–Crippen LogP) is 3.25. The third-order valence-corrected chi connectivity index (χ3v) is 3.46. The molecule has 0 spiro atoms. The molecule has 0 aliphatic rings. The van der Waals surface area contributed by atoms with Gasteiger partial charge in [0.25, 0.3) is 0 Å². The fourth-order valence-corrected chi connectivity index (χ4v) is 2.29. The van der Waals surface area contributed by atoms with Crippen molar-refractivity contribution in [2.45, 2.75) is 6.92 Å². The largest absolute Gasteiger partial charge is 0.377 e. The minimum absolute atomic E-state index is 0.000000000000000222. The van der Waals surface area contributed by atoms with Gasteiger partial charge in [-0.15, -0.1) is 0 Å². The zero-order valence-electron chi connectivity index (χ0n) is 13.2. The van der Waals surface area contributed by atoms with Gasteiger partial charge in [0.2, 0.25) is 0 Å². The Morgan fingerprint density at radius 1 is 0.913 bits per heavy atom. The summed E-state index contributed by atoms with van der Waals surface area (Å²) in [6, 6.07) is 20.6. The number of rotatable bonds is 2. The lowest BCUT2D eigenvalue weighted by Crippen LogP contribution is -2.18. The van der Waals surface area contributed by atoms with Crippen molar-refractivity contribution in [1.82, 2.24) is 9.55 Å². The highest BCUT2D eigenvalue weighted by Crippen LogP contribution is 2.27. The summed E-state index contributed by atoms with van der Waals surface area (Å²) in [6.45, 7) is 2.11. The van der Waals surface area contributed by atoms with Gasteiger partial charge in [-0.1, -0.05) is 60.7 Å². The van der Waals surface area contributed by atoms with Gasteiger partial charge in [0, 0.05) is 23.9 Å². The summed E-state index contributed by atoms with van der Waals surface area (Å²) >= 11 is 4.09. The molecular weight excluding hydrogens is 304 g/mol. The average molecular weight is 324 g/mol. The van der Waals surface area contributed by atoms with Gasteiger partial charge >= 0.3 is 0 Å². The molecule has 0 aliphatic heterocycles. The molecule has 3 aromatic rings. The summed E-state index contributed by atoms with van der Waals surface area (Å²) in [5, 5.41) is 0.000000000000000222. The Bertz CT molecular complexity index is 716. The van der Waals surface area contributed by atoms with Gasteiger partial charge in [-0.25, -0.2) is 4.98 Å². The number of imidazole rings is 1. The summed E-state index contributed by atoms with van der Waals surface area (Å²) < 4.78 is 2.15. The molecule has 2 aromatic carbocycles. The second kappa shape index (κ2) is 7.56. The molecule has 1 heterocycles. The SMILES string of the molecule is Cc1c(-c2ccccc2)nc(-c2ccccc2)n1C.NC(N)=S. The van der Waals surface area contributed by atoms with Crippen LogP contribution in [0.3, 0.4) is 0 Å². The molecule has 3 rings (SSSR count). The van der Waals surface area contributed by atoms with E-state index in [2.05, 4.69) is 66.5 Å². The van der Waals surface area contributed by atoms with Gasteiger partial charge in [-0.05, 0) is 19.1 Å². The number of thiocarbonyl (C=S) groups is 1. The molecule has 0 saturated heterocycles. The van der Waals surface area contributed by atoms with E-state index in [1.807, 2.05) is 36.4 Å². The Hall–Kier alpha value is -2.66. The maximum Gasteiger partial charge on any atom is 0.160 e. The second-order valence-corrected chi connectivity index (χ2v) is 5.53. The minimum Gasteiger partial charge on any atom is -0.377 e. The Kier molecular flexibility index (Phi) is 5.49. The second-order valence-electron chi connectivity index (χ2n) is 5.06. The normalized spacial score (nSPS) is 9.83. The van der Waals surface area contributed by atoms with Crippen molar-refractivity contribution in [1.29, 1.82) is 0 Å². The number of hydrogen-bond acceptors (Lipinski definition) is 2. The van der Waals surface area contributed by atoms with Gasteiger partial charge in [0.05, 0.1) is 5.69 Å². The van der Waals surface area contributed by atoms with Crippen molar-refractivity contribution in [3.8, 4) is 22.6 Å². The molecule has 4 N–H and O–H groups in total. The van der Waals surface area contributed by atoms with Crippen molar-refractivity contribution >= 4 is 17.3 Å². The summed E-state index contributed by atoms with van der Waals surface area (Å²) in [7, 11) is 2.07. The van der Waals surface area contributed by atoms with E-state index in [0.29, 0.717) is 0 Å². The van der Waals surface area contributed by atoms with E-state index in [-0.39, 0.29) is 5.11 Å². The Morgan fingerprint density at radius 2 is 1.35 bits per heavy atom. The highest BCUT2D eigenvalue weighted by molar-refractivity contribution is 7.80. The first kappa shape index (κ1) is 16.7. The molecule has 0 aliphatic carbocycles. The number of hydrogen-bond donors (Lipinski definition) is 2. The van der Waals surface area contributed by atoms with E-state index in [1.165, 1.54) is 5.69 Å². The van der Waals surface area contributed by atoms with E-state index in [0.717, 1.165) is 22.6 Å². The van der Waals surface area contributed by atoms with Crippen LogP contribution in [0.15, 0.2) is 60.7 Å². The van der Waals surface area contributed by atoms with Crippen LogP contribution in [0.4, 0.5) is 0 Å². The number of benzene rings is 2. The van der Waals surface area contributed by atoms with Crippen molar-refractivity contribution in [2.75, 3.05) is 0 Å². The van der Waals surface area contributed by atoms with Crippen LogP contribution in [-0.4, -0.2) is 14.7 Å². The molecule has 23 heavy (non-hydrogen) atoms. The summed E-state index contributed by atoms with van der Waals surface area (Å²) in [6.07, 6.45) is 0. The van der Waals surface area contributed by atoms with Crippen molar-refractivity contribution in [3.05, 3.63) is 66.4 Å². The zero-order chi connectivity index (χ0) is 16.8. The molecule has 5 heteroatoms. The Balaban J connectivity index is 0.000000433. The number of aromatic nitrogens is 2. The molecule has 4 nitrogen and oxygen atoms in total. The van der Waals surface area contributed by atoms with Gasteiger partial charge in [0.1, 0.15) is 5.82 Å². The molecular formula is C18H20N4S. The third-order valence-electron chi connectivity index (χ3n) is 3.46.